The third-order valence-electron chi connectivity index (χ3n) is 23.9. The van der Waals surface area contributed by atoms with E-state index in [4.69, 9.17) is 32.9 Å². The van der Waals surface area contributed by atoms with E-state index >= 15 is 4.79 Å². The lowest BCUT2D eigenvalue weighted by Crippen LogP contribution is -2.66. The summed E-state index contributed by atoms with van der Waals surface area (Å²) in [6.45, 7) is 13.1. The fourth-order valence-corrected chi connectivity index (χ4v) is 16.7. The van der Waals surface area contributed by atoms with Crippen molar-refractivity contribution in [2.24, 2.45) is 5.41 Å². The second-order valence-corrected chi connectivity index (χ2v) is 36.3. The summed E-state index contributed by atoms with van der Waals surface area (Å²) in [4.78, 5) is 107. The summed E-state index contributed by atoms with van der Waals surface area (Å²) in [6, 6.07) is -1.65. The summed E-state index contributed by atoms with van der Waals surface area (Å²) in [5.74, 6) is -3.26. The molecule has 0 aliphatic carbocycles. The van der Waals surface area contributed by atoms with Gasteiger partial charge in [-0.05, 0) is 64.2 Å². The molecule has 1 heterocycles. The summed E-state index contributed by atoms with van der Waals surface area (Å²) in [6.07, 6.45) is 57.2. The maximum atomic E-state index is 15.1. The minimum atomic E-state index is -5.53. The summed E-state index contributed by atoms with van der Waals surface area (Å²) >= 11 is 0. The number of amides is 2. The SMILES string of the molecule is CCCCCCCCCCCCCC(=O)O[C@H](CCCCCCCCCCC)CC(=O)NCC(CC)(CO)CO[C@@H]1OC(CO)[C@@H](OP(=O)(O)O)[C@H](OC(=O)C[C@@H](CCCCCCCCCCC)OC(=O)CCCCCCCCCCCCC)C1NC(=O)C[C@@H](CCCCCCCCCCC)OC(=O)CCCCCCCCCCCCC. The van der Waals surface area contributed by atoms with Gasteiger partial charge < -0.3 is 59.1 Å². The molecule has 0 saturated carbocycles. The van der Waals surface area contributed by atoms with Gasteiger partial charge >= 0.3 is 31.7 Å². The summed E-state index contributed by atoms with van der Waals surface area (Å²) in [5.41, 5.74) is -1.24. The molecular weight excluding hydrogens is 1500 g/mol. The number of phosphoric ester groups is 1. The number of unbranched alkanes of at least 4 members (excludes halogenated alkanes) is 54. The molecule has 3 unspecified atom stereocenters. The van der Waals surface area contributed by atoms with Crippen molar-refractivity contribution in [2.75, 3.05) is 26.4 Å². The molecule has 117 heavy (non-hydrogen) atoms. The van der Waals surface area contributed by atoms with Crippen LogP contribution in [0.5, 0.6) is 0 Å². The van der Waals surface area contributed by atoms with Crippen molar-refractivity contribution in [3.8, 4) is 0 Å². The van der Waals surface area contributed by atoms with Crippen LogP contribution in [-0.2, 0) is 66.3 Å². The molecule has 1 aliphatic heterocycles. The van der Waals surface area contributed by atoms with Gasteiger partial charge in [-0.1, -0.05) is 395 Å². The third-order valence-corrected chi connectivity index (χ3v) is 24.5. The second-order valence-electron chi connectivity index (χ2n) is 35.1. The summed E-state index contributed by atoms with van der Waals surface area (Å²) < 4.78 is 56.4. The number of esters is 4. The van der Waals surface area contributed by atoms with E-state index in [1.807, 2.05) is 6.92 Å². The highest BCUT2D eigenvalue weighted by Crippen LogP contribution is 2.43. The van der Waals surface area contributed by atoms with Crippen molar-refractivity contribution in [1.29, 1.82) is 0 Å². The van der Waals surface area contributed by atoms with Crippen LogP contribution in [0.2, 0.25) is 0 Å². The fourth-order valence-electron chi connectivity index (χ4n) is 16.1. The molecule has 0 spiro atoms. The number of nitrogens with one attached hydrogen (secondary N) is 2. The van der Waals surface area contributed by atoms with Crippen LogP contribution in [0.3, 0.4) is 0 Å². The smallest absolute Gasteiger partial charge is 0.462 e. The molecule has 690 valence electrons. The Morgan fingerprint density at radius 3 is 0.932 bits per heavy atom. The molecule has 0 bridgehead atoms. The Morgan fingerprint density at radius 2 is 0.650 bits per heavy atom. The lowest BCUT2D eigenvalue weighted by atomic mass is 9.86. The average Bonchev–Trinajstić information content (AvgIpc) is 0.777. The molecule has 0 aromatic carbocycles. The fraction of sp³-hybridized carbons (Fsp3) is 0.938. The first kappa shape index (κ1) is 112. The van der Waals surface area contributed by atoms with Gasteiger partial charge in [0.25, 0.3) is 0 Å². The van der Waals surface area contributed by atoms with Gasteiger partial charge in [-0.3, -0.25) is 33.3 Å². The highest BCUT2D eigenvalue weighted by atomic mass is 31.2. The van der Waals surface area contributed by atoms with Crippen LogP contribution in [0.4, 0.5) is 0 Å². The van der Waals surface area contributed by atoms with Crippen LogP contribution in [0.15, 0.2) is 0 Å². The number of rotatable bonds is 87. The quantitative estimate of drug-likeness (QED) is 0.0143. The maximum Gasteiger partial charge on any atom is 0.470 e. The van der Waals surface area contributed by atoms with Crippen LogP contribution in [-0.4, -0.2) is 131 Å². The number of carbonyl (C=O) groups excluding carboxylic acids is 6. The summed E-state index contributed by atoms with van der Waals surface area (Å²) in [7, 11) is -5.53. The predicted molar refractivity (Wildman–Crippen MR) is 476 cm³/mol. The lowest BCUT2D eigenvalue weighted by Gasteiger charge is -2.46. The van der Waals surface area contributed by atoms with Gasteiger partial charge in [-0.15, -0.1) is 0 Å². The van der Waals surface area contributed by atoms with Crippen molar-refractivity contribution >= 4 is 43.5 Å². The van der Waals surface area contributed by atoms with E-state index in [0.29, 0.717) is 51.4 Å². The molecular formula is C96H183N2O18P. The topological polar surface area (TPSA) is 289 Å². The average molecular weight is 1680 g/mol. The minimum absolute atomic E-state index is 0.105. The van der Waals surface area contributed by atoms with Gasteiger partial charge in [0.05, 0.1) is 39.1 Å². The van der Waals surface area contributed by atoms with E-state index in [-0.39, 0.29) is 57.6 Å². The zero-order chi connectivity index (χ0) is 85.8. The Bertz CT molecular complexity index is 2380. The molecule has 1 aliphatic rings. The molecule has 1 fully saturated rings. The van der Waals surface area contributed by atoms with E-state index in [1.54, 1.807) is 0 Å². The molecule has 1 rings (SSSR count). The van der Waals surface area contributed by atoms with Crippen molar-refractivity contribution in [1.82, 2.24) is 10.6 Å². The Labute approximate surface area is 715 Å². The Morgan fingerprint density at radius 1 is 0.368 bits per heavy atom. The first-order chi connectivity index (χ1) is 56.9. The van der Waals surface area contributed by atoms with Gasteiger partial charge in [0.15, 0.2) is 12.4 Å². The number of phosphoric acid groups is 1. The molecule has 20 nitrogen and oxygen atoms in total. The number of hydrogen-bond acceptors (Lipinski definition) is 16. The Balaban J connectivity index is 3.84. The van der Waals surface area contributed by atoms with Crippen LogP contribution < -0.4 is 10.6 Å². The molecule has 0 aromatic rings. The lowest BCUT2D eigenvalue weighted by molar-refractivity contribution is -0.278. The van der Waals surface area contributed by atoms with Gasteiger partial charge in [0, 0.05) is 31.2 Å². The molecule has 6 N–H and O–H groups in total. The first-order valence-electron chi connectivity index (χ1n) is 49.4. The van der Waals surface area contributed by atoms with Crippen LogP contribution in [0.25, 0.3) is 0 Å². The minimum Gasteiger partial charge on any atom is -0.462 e. The molecule has 9 atom stereocenters. The van der Waals surface area contributed by atoms with Crippen molar-refractivity contribution in [3.63, 3.8) is 0 Å². The van der Waals surface area contributed by atoms with Gasteiger partial charge in [0.2, 0.25) is 11.8 Å². The molecule has 0 aromatic heterocycles. The Hall–Kier alpha value is -3.23. The molecule has 1 saturated heterocycles. The van der Waals surface area contributed by atoms with Crippen molar-refractivity contribution in [2.45, 2.75) is 547 Å². The molecule has 2 amide bonds. The number of aliphatic hydroxyl groups is 2. The first-order valence-corrected chi connectivity index (χ1v) is 51.0. The normalized spacial score (nSPS) is 17.0. The van der Waals surface area contributed by atoms with E-state index in [2.05, 4.69) is 52.2 Å². The van der Waals surface area contributed by atoms with Crippen LogP contribution in [0, 0.1) is 5.41 Å². The molecule has 21 heteroatoms. The highest BCUT2D eigenvalue weighted by molar-refractivity contribution is 7.46. The third kappa shape index (κ3) is 65.1. The van der Waals surface area contributed by atoms with Crippen molar-refractivity contribution < 1.29 is 86.3 Å². The summed E-state index contributed by atoms with van der Waals surface area (Å²) in [5, 5.41) is 28.5. The van der Waals surface area contributed by atoms with Crippen LogP contribution >= 0.6 is 7.82 Å². The van der Waals surface area contributed by atoms with E-state index < -0.39 is 112 Å². The standard InChI is InChI=1S/C96H183N2O18P/c1-8-15-21-27-33-39-42-48-54-60-66-72-88(103)111-82(69-63-57-51-45-36-30-24-18-11-4)75-86(101)97-79-96(14-7,80-100)81-110-95-92(98-87(102)76-83(70-64-58-52-46-37-31-25-19-12-5)112-89(104)73-67-61-55-49-43-40-34-28-22-16-9-2)94(93(85(78-99)114-95)116-117(107,108)109)115-91(106)77-84(71-65-59-53-47-38-32-26-20-13-6)113-90(105)74-68-62-56-50-44-41-35-29-23-17-10-3/h82-85,92-95,99-100H,8-81H2,1-7H3,(H,97,101)(H,98,102)(H2,107,108,109)/t82-,83-,84-,85?,92?,93-,94-,95-,96?/m1/s1. The number of hydrogen-bond donors (Lipinski definition) is 6. The van der Waals surface area contributed by atoms with Gasteiger partial charge in [0.1, 0.15) is 36.6 Å². The molecule has 0 radical (unpaired) electrons. The van der Waals surface area contributed by atoms with Gasteiger partial charge in [-0.2, -0.15) is 0 Å². The van der Waals surface area contributed by atoms with Crippen LogP contribution in [0.1, 0.15) is 498 Å². The van der Waals surface area contributed by atoms with E-state index in [0.717, 1.165) is 167 Å². The number of ether oxygens (including phenoxy) is 6. The predicted octanol–water partition coefficient (Wildman–Crippen LogP) is 24.9. The maximum absolute atomic E-state index is 15.1. The zero-order valence-corrected chi connectivity index (χ0v) is 77.3. The van der Waals surface area contributed by atoms with Gasteiger partial charge in [-0.25, -0.2) is 4.57 Å². The van der Waals surface area contributed by atoms with E-state index in [1.165, 1.54) is 186 Å². The number of carbonyl (C=O) groups is 6. The Kier molecular flexibility index (Phi) is 75.2. The van der Waals surface area contributed by atoms with E-state index in [9.17, 15) is 48.5 Å². The zero-order valence-electron chi connectivity index (χ0n) is 76.4. The van der Waals surface area contributed by atoms with Crippen molar-refractivity contribution in [3.05, 3.63) is 0 Å². The number of aliphatic hydroxyl groups excluding tert-OH is 2. The second kappa shape index (κ2) is 78.7. The highest BCUT2D eigenvalue weighted by Gasteiger charge is 2.53. The largest absolute Gasteiger partial charge is 0.470 e. The monoisotopic (exact) mass is 1680 g/mol.